The Morgan fingerprint density at radius 3 is 2.10 bits per heavy atom. The zero-order valence-electron chi connectivity index (χ0n) is 16.6. The smallest absolute Gasteiger partial charge is 0.328 e. The summed E-state index contributed by atoms with van der Waals surface area (Å²) in [5, 5.41) is 10.6. The molecule has 154 valence electrons. The number of carbonyl (C=O) groups is 2. The average Bonchev–Trinajstić information content (AvgIpc) is 2.74. The minimum Gasteiger partial charge on any atom is -0.496 e. The molecular weight excluding hydrogens is 392 g/mol. The molecule has 0 radical (unpaired) electrons. The number of esters is 2. The third kappa shape index (κ3) is 3.49. The highest BCUT2D eigenvalue weighted by molar-refractivity contribution is 7.99. The highest BCUT2D eigenvalue weighted by atomic mass is 32.2. The number of hydrogen-bond acceptors (Lipinski definition) is 7. The van der Waals surface area contributed by atoms with E-state index >= 15 is 0 Å². The molecule has 0 spiro atoms. The Labute approximate surface area is 174 Å². The van der Waals surface area contributed by atoms with Gasteiger partial charge in [-0.3, -0.25) is 9.59 Å². The standard InChI is InChI=1S/C22H24O6S/c1-4-27-20(24)22(21(25)28-5-2)18(23)15-11-7-9-13-17(15)29-19(22)14-10-6-8-12-16(14)26-3/h6-13,18-19,23H,4-5H2,1-3H3. The summed E-state index contributed by atoms with van der Waals surface area (Å²) in [7, 11) is 1.52. The topological polar surface area (TPSA) is 82.1 Å². The van der Waals surface area contributed by atoms with E-state index in [1.54, 1.807) is 50.2 Å². The van der Waals surface area contributed by atoms with Crippen molar-refractivity contribution in [2.45, 2.75) is 30.1 Å². The number of para-hydroxylation sites is 1. The summed E-state index contributed by atoms with van der Waals surface area (Å²) in [6, 6.07) is 14.3. The van der Waals surface area contributed by atoms with Crippen LogP contribution >= 0.6 is 11.8 Å². The van der Waals surface area contributed by atoms with Crippen molar-refractivity contribution in [1.29, 1.82) is 0 Å². The van der Waals surface area contributed by atoms with E-state index in [2.05, 4.69) is 0 Å². The first-order valence-electron chi connectivity index (χ1n) is 9.43. The Hall–Kier alpha value is -2.51. The van der Waals surface area contributed by atoms with Crippen LogP contribution in [-0.2, 0) is 19.1 Å². The lowest BCUT2D eigenvalue weighted by molar-refractivity contribution is -0.182. The minimum absolute atomic E-state index is 0.0671. The molecule has 0 fully saturated rings. The predicted molar refractivity (Wildman–Crippen MR) is 109 cm³/mol. The normalized spacial score (nSPS) is 19.7. The number of hydrogen-bond donors (Lipinski definition) is 1. The summed E-state index contributed by atoms with van der Waals surface area (Å²) >= 11 is 1.32. The summed E-state index contributed by atoms with van der Waals surface area (Å²) in [5.74, 6) is -1.12. The van der Waals surface area contributed by atoms with Crippen LogP contribution in [0.15, 0.2) is 53.4 Å². The highest BCUT2D eigenvalue weighted by Crippen LogP contribution is 2.61. The van der Waals surface area contributed by atoms with E-state index in [1.807, 2.05) is 12.1 Å². The van der Waals surface area contributed by atoms with Gasteiger partial charge in [0.2, 0.25) is 5.41 Å². The van der Waals surface area contributed by atoms with Gasteiger partial charge in [0.15, 0.2) is 0 Å². The minimum atomic E-state index is -1.97. The van der Waals surface area contributed by atoms with Gasteiger partial charge in [-0.1, -0.05) is 36.4 Å². The van der Waals surface area contributed by atoms with Gasteiger partial charge >= 0.3 is 11.9 Å². The molecule has 0 amide bonds. The number of fused-ring (bicyclic) bond motifs is 1. The molecule has 1 aliphatic rings. The van der Waals surface area contributed by atoms with E-state index in [9.17, 15) is 14.7 Å². The lowest BCUT2D eigenvalue weighted by atomic mass is 9.72. The van der Waals surface area contributed by atoms with Crippen LogP contribution in [0, 0.1) is 5.41 Å². The SMILES string of the molecule is CCOC(=O)C1(C(=O)OCC)C(O)c2ccccc2SC1c1ccccc1OC. The molecule has 2 atom stereocenters. The summed E-state index contributed by atoms with van der Waals surface area (Å²) in [6.45, 7) is 3.45. The fraction of sp³-hybridized carbons (Fsp3) is 0.364. The van der Waals surface area contributed by atoms with Gasteiger partial charge in [0, 0.05) is 10.5 Å². The molecule has 7 heteroatoms. The van der Waals surface area contributed by atoms with E-state index in [4.69, 9.17) is 14.2 Å². The summed E-state index contributed by atoms with van der Waals surface area (Å²) in [4.78, 5) is 27.4. The zero-order chi connectivity index (χ0) is 21.0. The molecular formula is C22H24O6S. The van der Waals surface area contributed by atoms with Crippen LogP contribution in [0.2, 0.25) is 0 Å². The molecule has 2 unspecified atom stereocenters. The molecule has 29 heavy (non-hydrogen) atoms. The maximum atomic E-state index is 13.3. The Morgan fingerprint density at radius 1 is 0.966 bits per heavy atom. The monoisotopic (exact) mass is 416 g/mol. The number of benzene rings is 2. The van der Waals surface area contributed by atoms with E-state index in [1.165, 1.54) is 18.9 Å². The molecule has 0 saturated carbocycles. The fourth-order valence-electron chi connectivity index (χ4n) is 3.64. The largest absolute Gasteiger partial charge is 0.496 e. The molecule has 2 aromatic rings. The van der Waals surface area contributed by atoms with Gasteiger partial charge in [-0.25, -0.2) is 0 Å². The highest BCUT2D eigenvalue weighted by Gasteiger charge is 2.64. The molecule has 3 rings (SSSR count). The van der Waals surface area contributed by atoms with Crippen LogP contribution in [0.25, 0.3) is 0 Å². The second-order valence-corrected chi connectivity index (χ2v) is 7.64. The van der Waals surface area contributed by atoms with Crippen LogP contribution in [-0.4, -0.2) is 37.4 Å². The van der Waals surface area contributed by atoms with E-state index in [0.717, 1.165) is 4.90 Å². The second-order valence-electron chi connectivity index (χ2n) is 6.49. The van der Waals surface area contributed by atoms with E-state index in [0.29, 0.717) is 16.9 Å². The first kappa shape index (κ1) is 21.2. The van der Waals surface area contributed by atoms with Crippen molar-refractivity contribution in [1.82, 2.24) is 0 Å². The molecule has 1 heterocycles. The number of ether oxygens (including phenoxy) is 3. The van der Waals surface area contributed by atoms with Gasteiger partial charge in [-0.15, -0.1) is 11.8 Å². The first-order valence-corrected chi connectivity index (χ1v) is 10.3. The maximum Gasteiger partial charge on any atom is 0.328 e. The average molecular weight is 416 g/mol. The van der Waals surface area contributed by atoms with Crippen molar-refractivity contribution in [3.63, 3.8) is 0 Å². The van der Waals surface area contributed by atoms with Crippen molar-refractivity contribution in [2.75, 3.05) is 20.3 Å². The summed E-state index contributed by atoms with van der Waals surface area (Å²) in [6.07, 6.45) is -1.44. The van der Waals surface area contributed by atoms with Crippen molar-refractivity contribution < 1.29 is 28.9 Å². The Morgan fingerprint density at radius 2 is 1.52 bits per heavy atom. The fourth-order valence-corrected chi connectivity index (χ4v) is 5.19. The molecule has 0 bridgehead atoms. The van der Waals surface area contributed by atoms with Crippen LogP contribution in [0.1, 0.15) is 36.3 Å². The van der Waals surface area contributed by atoms with Crippen molar-refractivity contribution in [2.24, 2.45) is 5.41 Å². The third-order valence-corrected chi connectivity index (χ3v) is 6.44. The Balaban J connectivity index is 2.31. The zero-order valence-corrected chi connectivity index (χ0v) is 17.4. The quantitative estimate of drug-likeness (QED) is 0.568. The van der Waals surface area contributed by atoms with Crippen LogP contribution in [0.5, 0.6) is 5.75 Å². The first-order chi connectivity index (χ1) is 14.0. The number of rotatable bonds is 6. The molecule has 0 saturated heterocycles. The lowest BCUT2D eigenvalue weighted by Crippen LogP contribution is -2.52. The second kappa shape index (κ2) is 8.88. The van der Waals surface area contributed by atoms with Gasteiger partial charge in [0.05, 0.1) is 25.6 Å². The molecule has 0 aromatic heterocycles. The number of thioether (sulfide) groups is 1. The number of carbonyl (C=O) groups excluding carboxylic acids is 2. The molecule has 1 N–H and O–H groups in total. The van der Waals surface area contributed by atoms with Gasteiger partial charge in [-0.2, -0.15) is 0 Å². The van der Waals surface area contributed by atoms with Crippen LogP contribution < -0.4 is 4.74 Å². The molecule has 2 aromatic carbocycles. The van der Waals surface area contributed by atoms with Gasteiger partial charge in [0.1, 0.15) is 11.9 Å². The van der Waals surface area contributed by atoms with E-state index in [-0.39, 0.29) is 13.2 Å². The molecule has 0 aliphatic carbocycles. The van der Waals surface area contributed by atoms with Gasteiger partial charge in [0.25, 0.3) is 0 Å². The van der Waals surface area contributed by atoms with Crippen LogP contribution in [0.4, 0.5) is 0 Å². The van der Waals surface area contributed by atoms with Gasteiger partial charge in [-0.05, 0) is 31.5 Å². The summed E-state index contributed by atoms with van der Waals surface area (Å²) < 4.78 is 16.1. The molecule has 6 nitrogen and oxygen atoms in total. The molecule has 1 aliphatic heterocycles. The Bertz CT molecular complexity index is 878. The number of aliphatic hydroxyl groups is 1. The Kier molecular flexibility index (Phi) is 6.49. The summed E-state index contributed by atoms with van der Waals surface area (Å²) in [5.41, 5.74) is -0.876. The van der Waals surface area contributed by atoms with Gasteiger partial charge < -0.3 is 19.3 Å². The maximum absolute atomic E-state index is 13.3. The predicted octanol–water partition coefficient (Wildman–Crippen LogP) is 3.69. The number of methoxy groups -OCH3 is 1. The third-order valence-electron chi connectivity index (χ3n) is 4.95. The lowest BCUT2D eigenvalue weighted by Gasteiger charge is -2.43. The van der Waals surface area contributed by atoms with Crippen LogP contribution in [0.3, 0.4) is 0 Å². The van der Waals surface area contributed by atoms with Crippen molar-refractivity contribution in [3.05, 3.63) is 59.7 Å². The van der Waals surface area contributed by atoms with Crippen molar-refractivity contribution in [3.8, 4) is 5.75 Å². The van der Waals surface area contributed by atoms with Crippen molar-refractivity contribution >= 4 is 23.7 Å². The van der Waals surface area contributed by atoms with E-state index < -0.39 is 28.7 Å². The number of aliphatic hydroxyl groups excluding tert-OH is 1.